The molecule has 0 unspecified atom stereocenters. The third-order valence-corrected chi connectivity index (χ3v) is 3.75. The van der Waals surface area contributed by atoms with Crippen LogP contribution in [0.2, 0.25) is 0 Å². The SMILES string of the molecule is CCCC(O)(CCC)c1sccc1C(=O)O. The molecule has 1 aromatic heterocycles. The van der Waals surface area contributed by atoms with E-state index in [2.05, 4.69) is 0 Å². The molecule has 3 nitrogen and oxygen atoms in total. The summed E-state index contributed by atoms with van der Waals surface area (Å²) in [6.45, 7) is 3.99. The van der Waals surface area contributed by atoms with E-state index in [0.29, 0.717) is 17.7 Å². The third kappa shape index (κ3) is 2.62. The maximum absolute atomic E-state index is 11.0. The van der Waals surface area contributed by atoms with E-state index in [-0.39, 0.29) is 5.56 Å². The quantitative estimate of drug-likeness (QED) is 0.805. The Hall–Kier alpha value is -0.870. The fraction of sp³-hybridized carbons (Fsp3) is 0.583. The van der Waals surface area contributed by atoms with Crippen LogP contribution in [0.3, 0.4) is 0 Å². The molecule has 0 aliphatic rings. The Morgan fingerprint density at radius 1 is 1.38 bits per heavy atom. The molecule has 1 rings (SSSR count). The molecule has 0 aliphatic heterocycles. The number of carboxylic acids is 1. The Balaban J connectivity index is 3.10. The number of aromatic carboxylic acids is 1. The summed E-state index contributed by atoms with van der Waals surface area (Å²) < 4.78 is 0. The Kier molecular flexibility index (Phi) is 4.50. The summed E-state index contributed by atoms with van der Waals surface area (Å²) in [5.41, 5.74) is -0.722. The van der Waals surface area contributed by atoms with Crippen LogP contribution in [0.25, 0.3) is 0 Å². The molecule has 0 fully saturated rings. The minimum atomic E-state index is -0.967. The lowest BCUT2D eigenvalue weighted by atomic mass is 9.89. The molecule has 4 heteroatoms. The molecule has 0 saturated carbocycles. The van der Waals surface area contributed by atoms with Crippen LogP contribution in [0, 0.1) is 0 Å². The molecule has 0 saturated heterocycles. The van der Waals surface area contributed by atoms with Gasteiger partial charge in [0.25, 0.3) is 0 Å². The largest absolute Gasteiger partial charge is 0.478 e. The van der Waals surface area contributed by atoms with E-state index in [1.54, 1.807) is 11.4 Å². The van der Waals surface area contributed by atoms with Crippen molar-refractivity contribution in [3.05, 3.63) is 21.9 Å². The highest BCUT2D eigenvalue weighted by atomic mass is 32.1. The molecular formula is C12H18O3S. The number of hydrogen-bond donors (Lipinski definition) is 2. The third-order valence-electron chi connectivity index (χ3n) is 2.65. The molecular weight excluding hydrogens is 224 g/mol. The first kappa shape index (κ1) is 13.2. The van der Waals surface area contributed by atoms with Gasteiger partial charge in [-0.2, -0.15) is 0 Å². The van der Waals surface area contributed by atoms with E-state index in [1.807, 2.05) is 13.8 Å². The number of aliphatic hydroxyl groups is 1. The van der Waals surface area contributed by atoms with Crippen molar-refractivity contribution >= 4 is 17.3 Å². The van der Waals surface area contributed by atoms with E-state index < -0.39 is 11.6 Å². The second-order valence-electron chi connectivity index (χ2n) is 4.00. The van der Waals surface area contributed by atoms with Crippen molar-refractivity contribution < 1.29 is 15.0 Å². The lowest BCUT2D eigenvalue weighted by molar-refractivity contribution is 0.0188. The van der Waals surface area contributed by atoms with Crippen molar-refractivity contribution in [3.63, 3.8) is 0 Å². The van der Waals surface area contributed by atoms with Crippen LogP contribution in [-0.2, 0) is 5.60 Å². The smallest absolute Gasteiger partial charge is 0.336 e. The van der Waals surface area contributed by atoms with Crippen molar-refractivity contribution in [2.24, 2.45) is 0 Å². The number of carboxylic acid groups (broad SMARTS) is 1. The highest BCUT2D eigenvalue weighted by Gasteiger charge is 2.32. The second kappa shape index (κ2) is 5.46. The molecule has 0 bridgehead atoms. The number of rotatable bonds is 6. The summed E-state index contributed by atoms with van der Waals surface area (Å²) in [5, 5.41) is 21.3. The summed E-state index contributed by atoms with van der Waals surface area (Å²) in [5.74, 6) is -0.957. The van der Waals surface area contributed by atoms with E-state index in [4.69, 9.17) is 5.11 Å². The molecule has 0 aromatic carbocycles. The van der Waals surface area contributed by atoms with Crippen LogP contribution in [0.1, 0.15) is 54.8 Å². The van der Waals surface area contributed by atoms with Gasteiger partial charge in [-0.1, -0.05) is 26.7 Å². The fourth-order valence-electron chi connectivity index (χ4n) is 2.02. The van der Waals surface area contributed by atoms with E-state index in [0.717, 1.165) is 12.8 Å². The normalized spacial score (nSPS) is 11.7. The van der Waals surface area contributed by atoms with Crippen LogP contribution in [0.4, 0.5) is 0 Å². The van der Waals surface area contributed by atoms with E-state index >= 15 is 0 Å². The van der Waals surface area contributed by atoms with Gasteiger partial charge in [-0.25, -0.2) is 4.79 Å². The zero-order chi connectivity index (χ0) is 12.2. The van der Waals surface area contributed by atoms with Gasteiger partial charge in [0.15, 0.2) is 0 Å². The Morgan fingerprint density at radius 2 is 1.94 bits per heavy atom. The van der Waals surface area contributed by atoms with Gasteiger partial charge in [-0.15, -0.1) is 11.3 Å². The van der Waals surface area contributed by atoms with Crippen molar-refractivity contribution in [1.82, 2.24) is 0 Å². The Morgan fingerprint density at radius 3 is 2.38 bits per heavy atom. The van der Waals surface area contributed by atoms with Gasteiger partial charge in [-0.05, 0) is 24.3 Å². The van der Waals surface area contributed by atoms with Crippen LogP contribution in [0.5, 0.6) is 0 Å². The molecule has 0 spiro atoms. The van der Waals surface area contributed by atoms with E-state index in [9.17, 15) is 9.90 Å². The summed E-state index contributed by atoms with van der Waals surface area (Å²) >= 11 is 1.33. The molecule has 0 aliphatic carbocycles. The fourth-order valence-corrected chi connectivity index (χ4v) is 3.06. The minimum Gasteiger partial charge on any atom is -0.478 e. The monoisotopic (exact) mass is 242 g/mol. The lowest BCUT2D eigenvalue weighted by Crippen LogP contribution is -2.26. The van der Waals surface area contributed by atoms with Gasteiger partial charge >= 0.3 is 5.97 Å². The van der Waals surface area contributed by atoms with Gasteiger partial charge in [0.2, 0.25) is 0 Å². The zero-order valence-corrected chi connectivity index (χ0v) is 10.5. The topological polar surface area (TPSA) is 57.5 Å². The molecule has 16 heavy (non-hydrogen) atoms. The van der Waals surface area contributed by atoms with Gasteiger partial charge in [0, 0.05) is 0 Å². The van der Waals surface area contributed by atoms with Crippen molar-refractivity contribution in [1.29, 1.82) is 0 Å². The first-order chi connectivity index (χ1) is 7.55. The standard InChI is InChI=1S/C12H18O3S/c1-3-6-12(15,7-4-2)10-9(11(13)14)5-8-16-10/h5,8,15H,3-4,6-7H2,1-2H3,(H,13,14). The van der Waals surface area contributed by atoms with Crippen LogP contribution in [-0.4, -0.2) is 16.2 Å². The number of thiophene rings is 1. The van der Waals surface area contributed by atoms with Crippen molar-refractivity contribution in [2.45, 2.75) is 45.1 Å². The summed E-state index contributed by atoms with van der Waals surface area (Å²) in [6, 6.07) is 1.57. The van der Waals surface area contributed by atoms with Crippen molar-refractivity contribution in [2.75, 3.05) is 0 Å². The second-order valence-corrected chi connectivity index (χ2v) is 4.92. The summed E-state index contributed by atoms with van der Waals surface area (Å²) in [4.78, 5) is 11.6. The van der Waals surface area contributed by atoms with Gasteiger partial charge in [-0.3, -0.25) is 0 Å². The van der Waals surface area contributed by atoms with Crippen LogP contribution >= 0.6 is 11.3 Å². The van der Waals surface area contributed by atoms with E-state index in [1.165, 1.54) is 11.3 Å². The van der Waals surface area contributed by atoms with Crippen molar-refractivity contribution in [3.8, 4) is 0 Å². The van der Waals surface area contributed by atoms with Gasteiger partial charge in [0.05, 0.1) is 16.0 Å². The molecule has 2 N–H and O–H groups in total. The molecule has 0 amide bonds. The lowest BCUT2D eigenvalue weighted by Gasteiger charge is -2.27. The minimum absolute atomic E-state index is 0.245. The molecule has 1 heterocycles. The maximum Gasteiger partial charge on any atom is 0.336 e. The Labute approximate surface area is 99.7 Å². The van der Waals surface area contributed by atoms with Gasteiger partial charge in [0.1, 0.15) is 0 Å². The van der Waals surface area contributed by atoms with Gasteiger partial charge < -0.3 is 10.2 Å². The first-order valence-electron chi connectivity index (χ1n) is 5.58. The van der Waals surface area contributed by atoms with Crippen LogP contribution < -0.4 is 0 Å². The zero-order valence-electron chi connectivity index (χ0n) is 9.69. The first-order valence-corrected chi connectivity index (χ1v) is 6.46. The molecule has 90 valence electrons. The molecule has 0 radical (unpaired) electrons. The highest BCUT2D eigenvalue weighted by molar-refractivity contribution is 7.10. The maximum atomic E-state index is 11.0. The molecule has 0 atom stereocenters. The van der Waals surface area contributed by atoms with Crippen LogP contribution in [0.15, 0.2) is 11.4 Å². The molecule has 1 aromatic rings. The number of carbonyl (C=O) groups is 1. The predicted molar refractivity (Wildman–Crippen MR) is 65.0 cm³/mol. The number of hydrogen-bond acceptors (Lipinski definition) is 3. The Bertz CT molecular complexity index is 351. The summed E-state index contributed by atoms with van der Waals surface area (Å²) in [7, 11) is 0. The average Bonchev–Trinajstić information content (AvgIpc) is 2.67. The summed E-state index contributed by atoms with van der Waals surface area (Å²) in [6.07, 6.45) is 2.91. The average molecular weight is 242 g/mol. The predicted octanol–water partition coefficient (Wildman–Crippen LogP) is 3.23. The highest BCUT2D eigenvalue weighted by Crippen LogP contribution is 2.37.